The molecule has 0 spiro atoms. The van der Waals surface area contributed by atoms with Gasteiger partial charge >= 0.3 is 0 Å². The first-order valence-corrected chi connectivity index (χ1v) is 9.95. The molecule has 140 valence electrons. The van der Waals surface area contributed by atoms with Crippen LogP contribution in [0, 0.1) is 0 Å². The Balaban J connectivity index is 1.50. The summed E-state index contributed by atoms with van der Waals surface area (Å²) < 4.78 is 0. The Morgan fingerprint density at radius 3 is 2.56 bits per heavy atom. The normalized spacial score (nSPS) is 15.1. The summed E-state index contributed by atoms with van der Waals surface area (Å²) in [7, 11) is 0. The van der Waals surface area contributed by atoms with Crippen LogP contribution in [0.15, 0.2) is 54.6 Å². The smallest absolute Gasteiger partial charge is 0.115 e. The van der Waals surface area contributed by atoms with Crippen LogP contribution < -0.4 is 5.32 Å². The molecule has 2 N–H and O–H groups in total. The highest BCUT2D eigenvalue weighted by Gasteiger charge is 2.10. The monoisotopic (exact) mass is 361 g/mol. The number of piperidine rings is 1. The first-order valence-electron chi connectivity index (χ1n) is 9.95. The summed E-state index contributed by atoms with van der Waals surface area (Å²) in [5.74, 6) is 0.274. The number of benzene rings is 2. The van der Waals surface area contributed by atoms with Gasteiger partial charge in [0.2, 0.25) is 0 Å². The predicted molar refractivity (Wildman–Crippen MR) is 112 cm³/mol. The van der Waals surface area contributed by atoms with E-state index in [1.54, 1.807) is 12.1 Å². The number of aromatic hydroxyl groups is 1. The summed E-state index contributed by atoms with van der Waals surface area (Å²) in [6, 6.07) is 17.6. The zero-order chi connectivity index (χ0) is 18.5. The van der Waals surface area contributed by atoms with Crippen LogP contribution in [0.1, 0.15) is 25.7 Å². The molecule has 0 aliphatic carbocycles. The number of aromatic nitrogens is 1. The summed E-state index contributed by atoms with van der Waals surface area (Å²) in [4.78, 5) is 7.39. The molecule has 0 amide bonds. The van der Waals surface area contributed by atoms with Gasteiger partial charge in [0.05, 0.1) is 11.2 Å². The molecular formula is C23H27N3O. The third-order valence-corrected chi connectivity index (χ3v) is 5.29. The third kappa shape index (κ3) is 4.40. The first kappa shape index (κ1) is 17.8. The Hall–Kier alpha value is -2.59. The highest BCUT2D eigenvalue weighted by atomic mass is 16.3. The van der Waals surface area contributed by atoms with Gasteiger partial charge in [-0.1, -0.05) is 24.6 Å². The molecule has 1 aliphatic rings. The van der Waals surface area contributed by atoms with Crippen molar-refractivity contribution >= 4 is 16.6 Å². The maximum Gasteiger partial charge on any atom is 0.115 e. The minimum atomic E-state index is 0.274. The second-order valence-corrected chi connectivity index (χ2v) is 7.30. The van der Waals surface area contributed by atoms with Crippen LogP contribution in [0.5, 0.6) is 5.75 Å². The summed E-state index contributed by atoms with van der Waals surface area (Å²) in [6.07, 6.45) is 5.22. The molecule has 0 atom stereocenters. The van der Waals surface area contributed by atoms with Crippen molar-refractivity contribution in [1.29, 1.82) is 0 Å². The van der Waals surface area contributed by atoms with Gasteiger partial charge in [0.1, 0.15) is 5.75 Å². The number of rotatable bonds is 6. The van der Waals surface area contributed by atoms with Crippen LogP contribution in [0.4, 0.5) is 5.69 Å². The fraction of sp³-hybridized carbons (Fsp3) is 0.348. The van der Waals surface area contributed by atoms with Crippen molar-refractivity contribution in [2.24, 2.45) is 0 Å². The van der Waals surface area contributed by atoms with E-state index in [0.717, 1.165) is 40.8 Å². The largest absolute Gasteiger partial charge is 0.508 e. The molecule has 1 aromatic heterocycles. The Labute approximate surface area is 160 Å². The molecule has 0 radical (unpaired) electrons. The highest BCUT2D eigenvalue weighted by molar-refractivity contribution is 5.93. The second-order valence-electron chi connectivity index (χ2n) is 7.30. The van der Waals surface area contributed by atoms with Crippen LogP contribution in [0.3, 0.4) is 0 Å². The van der Waals surface area contributed by atoms with Crippen LogP contribution in [0.25, 0.3) is 22.2 Å². The first-order chi connectivity index (χ1) is 13.3. The minimum absolute atomic E-state index is 0.274. The molecule has 3 aromatic rings. The average Bonchev–Trinajstić information content (AvgIpc) is 2.72. The van der Waals surface area contributed by atoms with Gasteiger partial charge in [0.25, 0.3) is 0 Å². The summed E-state index contributed by atoms with van der Waals surface area (Å²) in [5, 5.41) is 14.3. The summed E-state index contributed by atoms with van der Waals surface area (Å²) in [5.41, 5.74) is 4.05. The predicted octanol–water partition coefficient (Wildman–Crippen LogP) is 4.90. The summed E-state index contributed by atoms with van der Waals surface area (Å²) in [6.45, 7) is 4.63. The van der Waals surface area contributed by atoms with E-state index in [-0.39, 0.29) is 5.75 Å². The van der Waals surface area contributed by atoms with Gasteiger partial charge in [-0.3, -0.25) is 0 Å². The second kappa shape index (κ2) is 8.40. The van der Waals surface area contributed by atoms with E-state index in [0.29, 0.717) is 0 Å². The van der Waals surface area contributed by atoms with Gasteiger partial charge in [0.15, 0.2) is 0 Å². The number of nitrogens with zero attached hydrogens (tertiary/aromatic N) is 2. The molecule has 1 fully saturated rings. The lowest BCUT2D eigenvalue weighted by atomic mass is 10.1. The SMILES string of the molecule is Oc1ccc(-c2cc(NCCCN3CCCCC3)c3ccccc3n2)cc1. The van der Waals surface area contributed by atoms with E-state index >= 15 is 0 Å². The van der Waals surface area contributed by atoms with Crippen molar-refractivity contribution in [2.75, 3.05) is 31.5 Å². The van der Waals surface area contributed by atoms with Gasteiger partial charge in [-0.25, -0.2) is 4.98 Å². The van der Waals surface area contributed by atoms with Gasteiger partial charge in [-0.2, -0.15) is 0 Å². The Kier molecular flexibility index (Phi) is 5.54. The number of phenols is 1. The number of hydrogen-bond acceptors (Lipinski definition) is 4. The fourth-order valence-electron chi connectivity index (χ4n) is 3.81. The van der Waals surface area contributed by atoms with E-state index in [1.807, 2.05) is 18.2 Å². The van der Waals surface area contributed by atoms with Crippen LogP contribution in [-0.2, 0) is 0 Å². The van der Waals surface area contributed by atoms with Crippen molar-refractivity contribution < 1.29 is 5.11 Å². The molecule has 2 heterocycles. The Bertz CT molecular complexity index is 886. The zero-order valence-corrected chi connectivity index (χ0v) is 15.7. The quantitative estimate of drug-likeness (QED) is 0.613. The fourth-order valence-corrected chi connectivity index (χ4v) is 3.81. The van der Waals surface area contributed by atoms with Crippen molar-refractivity contribution in [1.82, 2.24) is 9.88 Å². The van der Waals surface area contributed by atoms with Crippen LogP contribution >= 0.6 is 0 Å². The van der Waals surface area contributed by atoms with Gasteiger partial charge < -0.3 is 15.3 Å². The minimum Gasteiger partial charge on any atom is -0.508 e. The lowest BCUT2D eigenvalue weighted by molar-refractivity contribution is 0.228. The van der Waals surface area contributed by atoms with E-state index < -0.39 is 0 Å². The number of nitrogens with one attached hydrogen (secondary N) is 1. The van der Waals surface area contributed by atoms with E-state index in [4.69, 9.17) is 4.98 Å². The molecule has 1 aliphatic heterocycles. The topological polar surface area (TPSA) is 48.4 Å². The standard InChI is InChI=1S/C23H27N3O/c27-19-11-9-18(10-12-19)22-17-23(20-7-2-3-8-21(20)25-22)24-13-6-16-26-14-4-1-5-15-26/h2-3,7-12,17,27H,1,4-6,13-16H2,(H,24,25). The third-order valence-electron chi connectivity index (χ3n) is 5.29. The van der Waals surface area contributed by atoms with Crippen LogP contribution in [-0.4, -0.2) is 41.2 Å². The molecule has 27 heavy (non-hydrogen) atoms. The number of para-hydroxylation sites is 1. The lowest BCUT2D eigenvalue weighted by Gasteiger charge is -2.26. The molecule has 0 saturated carbocycles. The molecule has 0 unspecified atom stereocenters. The highest BCUT2D eigenvalue weighted by Crippen LogP contribution is 2.29. The number of fused-ring (bicyclic) bond motifs is 1. The van der Waals surface area contributed by atoms with Crippen molar-refractivity contribution in [2.45, 2.75) is 25.7 Å². The van der Waals surface area contributed by atoms with Gasteiger partial charge in [-0.15, -0.1) is 0 Å². The van der Waals surface area contributed by atoms with Crippen molar-refractivity contribution in [3.63, 3.8) is 0 Å². The zero-order valence-electron chi connectivity index (χ0n) is 15.7. The van der Waals surface area contributed by atoms with E-state index in [1.165, 1.54) is 38.9 Å². The Morgan fingerprint density at radius 2 is 1.74 bits per heavy atom. The summed E-state index contributed by atoms with van der Waals surface area (Å²) >= 11 is 0. The number of anilines is 1. The van der Waals surface area contributed by atoms with E-state index in [2.05, 4.69) is 34.5 Å². The number of likely N-dealkylation sites (tertiary alicyclic amines) is 1. The van der Waals surface area contributed by atoms with Crippen LogP contribution in [0.2, 0.25) is 0 Å². The molecule has 4 rings (SSSR count). The number of phenolic OH excluding ortho intramolecular Hbond substituents is 1. The molecule has 0 bridgehead atoms. The maximum absolute atomic E-state index is 9.54. The molecule has 2 aromatic carbocycles. The average molecular weight is 361 g/mol. The molecular weight excluding hydrogens is 334 g/mol. The molecule has 1 saturated heterocycles. The number of pyridine rings is 1. The lowest BCUT2D eigenvalue weighted by Crippen LogP contribution is -2.31. The maximum atomic E-state index is 9.54. The Morgan fingerprint density at radius 1 is 0.963 bits per heavy atom. The molecule has 4 nitrogen and oxygen atoms in total. The van der Waals surface area contributed by atoms with Crippen molar-refractivity contribution in [3.8, 4) is 17.0 Å². The van der Waals surface area contributed by atoms with Gasteiger partial charge in [-0.05, 0) is 75.3 Å². The van der Waals surface area contributed by atoms with Gasteiger partial charge in [0, 0.05) is 23.2 Å². The van der Waals surface area contributed by atoms with E-state index in [9.17, 15) is 5.11 Å². The number of hydrogen-bond donors (Lipinski definition) is 2. The van der Waals surface area contributed by atoms with Crippen molar-refractivity contribution in [3.05, 3.63) is 54.6 Å². The molecule has 4 heteroatoms.